The first-order chi connectivity index (χ1) is 13.2. The molecule has 0 radical (unpaired) electrons. The van der Waals surface area contributed by atoms with E-state index in [9.17, 15) is 0 Å². The van der Waals surface area contributed by atoms with Crippen molar-refractivity contribution < 1.29 is 0 Å². The Balaban J connectivity index is 1.66. The lowest BCUT2D eigenvalue weighted by Crippen LogP contribution is -2.51. The van der Waals surface area contributed by atoms with Crippen LogP contribution in [0.15, 0.2) is 47.6 Å². The number of para-hydroxylation sites is 1. The maximum Gasteiger partial charge on any atom is 0.191 e. The van der Waals surface area contributed by atoms with Gasteiger partial charge in [0.25, 0.3) is 0 Å². The summed E-state index contributed by atoms with van der Waals surface area (Å²) >= 11 is 6.39. The summed E-state index contributed by atoms with van der Waals surface area (Å²) in [6.07, 6.45) is 4.07. The van der Waals surface area contributed by atoms with Gasteiger partial charge in [-0.15, -0.1) is 0 Å². The highest BCUT2D eigenvalue weighted by Gasteiger charge is 2.22. The fourth-order valence-electron chi connectivity index (χ4n) is 3.37. The summed E-state index contributed by atoms with van der Waals surface area (Å²) in [4.78, 5) is 11.5. The smallest absolute Gasteiger partial charge is 0.191 e. The first-order valence-corrected chi connectivity index (χ1v) is 10.00. The topological polar surface area (TPSA) is 52.6 Å². The molecule has 1 atom stereocenters. The monoisotopic (exact) mass is 385 g/mol. The zero-order valence-corrected chi connectivity index (χ0v) is 16.8. The highest BCUT2D eigenvalue weighted by Crippen LogP contribution is 2.27. The number of hydrogen-bond donors (Lipinski definition) is 2. The van der Waals surface area contributed by atoms with Gasteiger partial charge in [0.2, 0.25) is 0 Å². The summed E-state index contributed by atoms with van der Waals surface area (Å²) in [6, 6.07) is 12.4. The summed E-state index contributed by atoms with van der Waals surface area (Å²) < 4.78 is 0. The van der Waals surface area contributed by atoms with Crippen LogP contribution in [0.3, 0.4) is 0 Å². The molecule has 6 heteroatoms. The first kappa shape index (κ1) is 19.5. The Bertz CT molecular complexity index is 777. The van der Waals surface area contributed by atoms with E-state index in [1.165, 1.54) is 5.56 Å². The minimum atomic E-state index is 0.331. The van der Waals surface area contributed by atoms with E-state index < -0.39 is 0 Å². The third-order valence-electron chi connectivity index (χ3n) is 4.80. The van der Waals surface area contributed by atoms with Crippen molar-refractivity contribution in [3.05, 3.63) is 58.9 Å². The fraction of sp³-hybridized carbons (Fsp3) is 0.429. The van der Waals surface area contributed by atoms with Gasteiger partial charge in [0.05, 0.1) is 22.9 Å². The Morgan fingerprint density at radius 1 is 1.30 bits per heavy atom. The SMILES string of the molecule is CCNC(=NCc1ncccc1C)NC1CCCN(c2ccccc2Cl)C1. The number of nitrogens with zero attached hydrogens (tertiary/aromatic N) is 3. The van der Waals surface area contributed by atoms with Gasteiger partial charge in [0.1, 0.15) is 0 Å². The first-order valence-electron chi connectivity index (χ1n) is 9.62. The maximum atomic E-state index is 6.39. The van der Waals surface area contributed by atoms with Crippen LogP contribution < -0.4 is 15.5 Å². The molecular weight excluding hydrogens is 358 g/mol. The summed E-state index contributed by atoms with van der Waals surface area (Å²) in [6.45, 7) is 7.50. The van der Waals surface area contributed by atoms with Gasteiger partial charge in [-0.2, -0.15) is 0 Å². The van der Waals surface area contributed by atoms with Crippen LogP contribution in [0.25, 0.3) is 0 Å². The van der Waals surface area contributed by atoms with Crippen LogP contribution in [0.1, 0.15) is 31.0 Å². The van der Waals surface area contributed by atoms with Gasteiger partial charge in [-0.3, -0.25) is 4.98 Å². The molecule has 1 aromatic carbocycles. The number of aryl methyl sites for hydroxylation is 1. The molecule has 3 rings (SSSR count). The van der Waals surface area contributed by atoms with Gasteiger partial charge in [-0.1, -0.05) is 29.8 Å². The predicted molar refractivity (Wildman–Crippen MR) is 114 cm³/mol. The largest absolute Gasteiger partial charge is 0.368 e. The molecule has 2 N–H and O–H groups in total. The van der Waals surface area contributed by atoms with E-state index >= 15 is 0 Å². The molecule has 1 unspecified atom stereocenters. The summed E-state index contributed by atoms with van der Waals surface area (Å²) in [5.74, 6) is 0.841. The number of pyridine rings is 1. The van der Waals surface area contributed by atoms with Crippen LogP contribution >= 0.6 is 11.6 Å². The van der Waals surface area contributed by atoms with Crippen LogP contribution in [0.4, 0.5) is 5.69 Å². The highest BCUT2D eigenvalue weighted by atomic mass is 35.5. The number of nitrogens with one attached hydrogen (secondary N) is 2. The van der Waals surface area contributed by atoms with E-state index in [0.29, 0.717) is 12.6 Å². The number of guanidine groups is 1. The molecule has 0 bridgehead atoms. The molecule has 0 spiro atoms. The maximum absolute atomic E-state index is 6.39. The Labute approximate surface area is 166 Å². The number of piperidine rings is 1. The molecule has 1 fully saturated rings. The molecule has 5 nitrogen and oxygen atoms in total. The number of rotatable bonds is 5. The van der Waals surface area contributed by atoms with Crippen molar-refractivity contribution in [3.63, 3.8) is 0 Å². The van der Waals surface area contributed by atoms with Crippen molar-refractivity contribution >= 4 is 23.2 Å². The van der Waals surface area contributed by atoms with Gasteiger partial charge < -0.3 is 15.5 Å². The quantitative estimate of drug-likeness (QED) is 0.607. The van der Waals surface area contributed by atoms with Crippen LogP contribution in [-0.4, -0.2) is 36.6 Å². The molecule has 1 aliphatic rings. The van der Waals surface area contributed by atoms with E-state index in [2.05, 4.69) is 46.5 Å². The van der Waals surface area contributed by atoms with Crippen molar-refractivity contribution in [1.82, 2.24) is 15.6 Å². The Hall–Kier alpha value is -2.27. The number of aromatic nitrogens is 1. The van der Waals surface area contributed by atoms with Crippen LogP contribution in [0, 0.1) is 6.92 Å². The molecule has 1 aromatic heterocycles. The van der Waals surface area contributed by atoms with Crippen molar-refractivity contribution in [2.75, 3.05) is 24.5 Å². The van der Waals surface area contributed by atoms with Gasteiger partial charge in [0, 0.05) is 31.9 Å². The Kier molecular flexibility index (Phi) is 6.93. The van der Waals surface area contributed by atoms with E-state index in [4.69, 9.17) is 16.6 Å². The number of aliphatic imine (C=N–C) groups is 1. The lowest BCUT2D eigenvalue weighted by atomic mass is 10.0. The number of hydrogen-bond acceptors (Lipinski definition) is 3. The minimum Gasteiger partial charge on any atom is -0.368 e. The zero-order valence-electron chi connectivity index (χ0n) is 16.1. The second-order valence-corrected chi connectivity index (χ2v) is 7.25. The Morgan fingerprint density at radius 3 is 2.93 bits per heavy atom. The predicted octanol–water partition coefficient (Wildman–Crippen LogP) is 3.77. The zero-order chi connectivity index (χ0) is 19.1. The van der Waals surface area contributed by atoms with Gasteiger partial charge in [0.15, 0.2) is 5.96 Å². The van der Waals surface area contributed by atoms with Crippen molar-refractivity contribution in [2.24, 2.45) is 4.99 Å². The van der Waals surface area contributed by atoms with Gasteiger partial charge in [-0.05, 0) is 50.5 Å². The second kappa shape index (κ2) is 9.60. The van der Waals surface area contributed by atoms with E-state index in [1.54, 1.807) is 0 Å². The second-order valence-electron chi connectivity index (χ2n) is 6.84. The summed E-state index contributed by atoms with van der Waals surface area (Å²) in [5, 5.41) is 7.75. The summed E-state index contributed by atoms with van der Waals surface area (Å²) in [7, 11) is 0. The highest BCUT2D eigenvalue weighted by molar-refractivity contribution is 6.33. The van der Waals surface area contributed by atoms with Crippen molar-refractivity contribution in [3.8, 4) is 0 Å². The number of anilines is 1. The van der Waals surface area contributed by atoms with E-state index in [1.807, 2.05) is 30.5 Å². The average molecular weight is 386 g/mol. The molecule has 0 saturated carbocycles. The summed E-state index contributed by atoms with van der Waals surface area (Å²) in [5.41, 5.74) is 3.28. The standard InChI is InChI=1S/C21H28ClN5/c1-3-23-21(25-14-19-16(2)8-6-12-24-19)26-17-9-7-13-27(15-17)20-11-5-4-10-18(20)22/h4-6,8,10-12,17H,3,7,9,13-15H2,1-2H3,(H2,23,25,26). The van der Waals surface area contributed by atoms with Gasteiger partial charge in [-0.25, -0.2) is 4.99 Å². The molecule has 27 heavy (non-hydrogen) atoms. The normalized spacial score (nSPS) is 17.7. The fourth-order valence-corrected chi connectivity index (χ4v) is 3.63. The van der Waals surface area contributed by atoms with Crippen molar-refractivity contribution in [1.29, 1.82) is 0 Å². The molecular formula is C21H28ClN5. The third-order valence-corrected chi connectivity index (χ3v) is 5.12. The number of benzene rings is 1. The van der Waals surface area contributed by atoms with Gasteiger partial charge >= 0.3 is 0 Å². The van der Waals surface area contributed by atoms with Crippen molar-refractivity contribution in [2.45, 2.75) is 39.3 Å². The molecule has 144 valence electrons. The molecule has 1 saturated heterocycles. The molecule has 1 aliphatic heterocycles. The Morgan fingerprint density at radius 2 is 2.15 bits per heavy atom. The van der Waals surface area contributed by atoms with Crippen LogP contribution in [0.2, 0.25) is 5.02 Å². The lowest BCUT2D eigenvalue weighted by Gasteiger charge is -2.35. The van der Waals surface area contributed by atoms with E-state index in [0.717, 1.165) is 54.8 Å². The number of halogens is 1. The van der Waals surface area contributed by atoms with Crippen LogP contribution in [-0.2, 0) is 6.54 Å². The lowest BCUT2D eigenvalue weighted by molar-refractivity contribution is 0.468. The molecule has 2 aromatic rings. The molecule has 0 amide bonds. The average Bonchev–Trinajstić information content (AvgIpc) is 2.68. The molecule has 2 heterocycles. The minimum absolute atomic E-state index is 0.331. The van der Waals surface area contributed by atoms with Crippen LogP contribution in [0.5, 0.6) is 0 Å². The van der Waals surface area contributed by atoms with E-state index in [-0.39, 0.29) is 0 Å². The molecule has 0 aliphatic carbocycles. The third kappa shape index (κ3) is 5.36.